The fourth-order valence-corrected chi connectivity index (χ4v) is 2.71. The molecule has 5 heteroatoms. The molecular formula is C16H21FN2OS. The molecule has 0 aliphatic rings. The van der Waals surface area contributed by atoms with Crippen LogP contribution in [0.1, 0.15) is 23.7 Å². The van der Waals surface area contributed by atoms with Crippen molar-refractivity contribution in [1.82, 2.24) is 10.3 Å². The summed E-state index contributed by atoms with van der Waals surface area (Å²) in [6, 6.07) is 6.45. The topological polar surface area (TPSA) is 34.2 Å². The number of rotatable bonds is 8. The van der Waals surface area contributed by atoms with E-state index in [2.05, 4.69) is 24.1 Å². The van der Waals surface area contributed by atoms with Crippen molar-refractivity contribution in [1.29, 1.82) is 0 Å². The first kappa shape index (κ1) is 15.9. The van der Waals surface area contributed by atoms with Gasteiger partial charge in [-0.1, -0.05) is 26.0 Å². The quantitative estimate of drug-likeness (QED) is 0.808. The first-order valence-corrected chi connectivity index (χ1v) is 7.98. The van der Waals surface area contributed by atoms with Gasteiger partial charge in [0.1, 0.15) is 0 Å². The zero-order chi connectivity index (χ0) is 15.1. The van der Waals surface area contributed by atoms with Crippen molar-refractivity contribution in [2.75, 3.05) is 13.2 Å². The molecule has 0 spiro atoms. The summed E-state index contributed by atoms with van der Waals surface area (Å²) in [4.78, 5) is 5.59. The highest BCUT2D eigenvalue weighted by atomic mass is 32.1. The minimum absolute atomic E-state index is 0.299. The van der Waals surface area contributed by atoms with Crippen LogP contribution in [0.5, 0.6) is 5.75 Å². The Kier molecular flexibility index (Phi) is 6.14. The zero-order valence-electron chi connectivity index (χ0n) is 12.4. The molecular weight excluding hydrogens is 287 g/mol. The third-order valence-corrected chi connectivity index (χ3v) is 3.92. The molecule has 0 bridgehead atoms. The molecule has 21 heavy (non-hydrogen) atoms. The van der Waals surface area contributed by atoms with E-state index in [0.717, 1.165) is 18.1 Å². The van der Waals surface area contributed by atoms with Gasteiger partial charge in [0, 0.05) is 24.0 Å². The van der Waals surface area contributed by atoms with E-state index in [-0.39, 0.29) is 5.82 Å². The molecule has 0 atom stereocenters. The third-order valence-electron chi connectivity index (χ3n) is 2.86. The highest BCUT2D eigenvalue weighted by Crippen LogP contribution is 2.17. The number of hydrogen-bond acceptors (Lipinski definition) is 4. The fraction of sp³-hybridized carbons (Fsp3) is 0.438. The van der Waals surface area contributed by atoms with Crippen LogP contribution in [-0.4, -0.2) is 18.1 Å². The van der Waals surface area contributed by atoms with Crippen molar-refractivity contribution < 1.29 is 9.13 Å². The average molecular weight is 308 g/mol. The Balaban J connectivity index is 1.74. The molecule has 0 saturated carbocycles. The molecule has 1 aromatic heterocycles. The number of halogens is 1. The van der Waals surface area contributed by atoms with Crippen molar-refractivity contribution in [3.63, 3.8) is 0 Å². The number of benzene rings is 1. The first-order valence-electron chi connectivity index (χ1n) is 7.17. The van der Waals surface area contributed by atoms with Gasteiger partial charge in [0.2, 0.25) is 0 Å². The van der Waals surface area contributed by atoms with E-state index in [1.54, 1.807) is 29.5 Å². The summed E-state index contributed by atoms with van der Waals surface area (Å²) in [5.41, 5.74) is 0. The molecule has 114 valence electrons. The number of thiazole rings is 1. The van der Waals surface area contributed by atoms with Crippen LogP contribution in [0.3, 0.4) is 0 Å². The SMILES string of the molecule is CC(C)CNCc1cnc(CCOc2ccccc2F)s1. The molecule has 0 saturated heterocycles. The lowest BCUT2D eigenvalue weighted by Gasteiger charge is -2.05. The molecule has 0 unspecified atom stereocenters. The zero-order valence-corrected chi connectivity index (χ0v) is 13.3. The summed E-state index contributed by atoms with van der Waals surface area (Å²) in [7, 11) is 0. The van der Waals surface area contributed by atoms with E-state index in [9.17, 15) is 4.39 Å². The minimum Gasteiger partial charge on any atom is -0.490 e. The van der Waals surface area contributed by atoms with Crippen LogP contribution in [0.2, 0.25) is 0 Å². The van der Waals surface area contributed by atoms with Crippen LogP contribution >= 0.6 is 11.3 Å². The largest absolute Gasteiger partial charge is 0.490 e. The molecule has 2 rings (SSSR count). The van der Waals surface area contributed by atoms with E-state index in [0.29, 0.717) is 24.7 Å². The lowest BCUT2D eigenvalue weighted by atomic mass is 10.2. The molecule has 0 amide bonds. The van der Waals surface area contributed by atoms with Crippen LogP contribution in [0.4, 0.5) is 4.39 Å². The maximum Gasteiger partial charge on any atom is 0.165 e. The van der Waals surface area contributed by atoms with E-state index in [1.807, 2.05) is 6.20 Å². The summed E-state index contributed by atoms with van der Waals surface area (Å²) in [6.07, 6.45) is 2.60. The molecule has 1 N–H and O–H groups in total. The van der Waals surface area contributed by atoms with Gasteiger partial charge in [0.15, 0.2) is 11.6 Å². The number of ether oxygens (including phenoxy) is 1. The van der Waals surface area contributed by atoms with Gasteiger partial charge in [0.05, 0.1) is 11.6 Å². The smallest absolute Gasteiger partial charge is 0.165 e. The third kappa shape index (κ3) is 5.44. The van der Waals surface area contributed by atoms with Gasteiger partial charge in [-0.2, -0.15) is 0 Å². The van der Waals surface area contributed by atoms with Crippen molar-refractivity contribution in [2.24, 2.45) is 5.92 Å². The Hall–Kier alpha value is -1.46. The normalized spacial score (nSPS) is 11.0. The molecule has 0 fully saturated rings. The lowest BCUT2D eigenvalue weighted by Crippen LogP contribution is -2.18. The van der Waals surface area contributed by atoms with Crippen molar-refractivity contribution >= 4 is 11.3 Å². The highest BCUT2D eigenvalue weighted by molar-refractivity contribution is 7.11. The number of aromatic nitrogens is 1. The van der Waals surface area contributed by atoms with Crippen molar-refractivity contribution in [3.8, 4) is 5.75 Å². The number of hydrogen-bond donors (Lipinski definition) is 1. The van der Waals surface area contributed by atoms with Gasteiger partial charge < -0.3 is 10.1 Å². The van der Waals surface area contributed by atoms with Crippen molar-refractivity contribution in [3.05, 3.63) is 46.2 Å². The van der Waals surface area contributed by atoms with E-state index in [4.69, 9.17) is 4.74 Å². The average Bonchev–Trinajstić information content (AvgIpc) is 2.88. The van der Waals surface area contributed by atoms with Gasteiger partial charge in [-0.25, -0.2) is 9.37 Å². The Labute approximate surface area is 129 Å². The maximum atomic E-state index is 13.4. The summed E-state index contributed by atoms with van der Waals surface area (Å²) >= 11 is 1.68. The standard InChI is InChI=1S/C16H21FN2OS/c1-12(2)9-18-10-13-11-19-16(21-13)7-8-20-15-6-4-3-5-14(15)17/h3-6,11-12,18H,7-10H2,1-2H3. The second kappa shape index (κ2) is 8.10. The molecule has 1 heterocycles. The Bertz CT molecular complexity index is 557. The van der Waals surface area contributed by atoms with Crippen LogP contribution in [0.25, 0.3) is 0 Å². The van der Waals surface area contributed by atoms with Crippen molar-refractivity contribution in [2.45, 2.75) is 26.8 Å². The summed E-state index contributed by atoms with van der Waals surface area (Å²) < 4.78 is 18.8. The predicted molar refractivity (Wildman–Crippen MR) is 84.3 cm³/mol. The van der Waals surface area contributed by atoms with Gasteiger partial charge in [-0.05, 0) is 24.6 Å². The van der Waals surface area contributed by atoms with Crippen LogP contribution < -0.4 is 10.1 Å². The van der Waals surface area contributed by atoms with Gasteiger partial charge in [0.25, 0.3) is 0 Å². The number of nitrogens with zero attached hydrogens (tertiary/aromatic N) is 1. The molecule has 0 aliphatic heterocycles. The Morgan fingerprint density at radius 3 is 2.90 bits per heavy atom. The Morgan fingerprint density at radius 2 is 2.14 bits per heavy atom. The fourth-order valence-electron chi connectivity index (χ4n) is 1.84. The summed E-state index contributed by atoms with van der Waals surface area (Å²) in [6.45, 7) is 6.66. The van der Waals surface area contributed by atoms with Crippen LogP contribution in [0, 0.1) is 11.7 Å². The number of para-hydroxylation sites is 1. The second-order valence-electron chi connectivity index (χ2n) is 5.27. The lowest BCUT2D eigenvalue weighted by molar-refractivity contribution is 0.305. The van der Waals surface area contributed by atoms with Crippen LogP contribution in [0.15, 0.2) is 30.5 Å². The minimum atomic E-state index is -0.324. The molecule has 3 nitrogen and oxygen atoms in total. The molecule has 0 radical (unpaired) electrons. The maximum absolute atomic E-state index is 13.4. The molecule has 1 aromatic carbocycles. The summed E-state index contributed by atoms with van der Waals surface area (Å²) in [5.74, 6) is 0.620. The van der Waals surface area contributed by atoms with E-state index >= 15 is 0 Å². The summed E-state index contributed by atoms with van der Waals surface area (Å²) in [5, 5.41) is 4.41. The number of nitrogens with one attached hydrogen (secondary N) is 1. The van der Waals surface area contributed by atoms with E-state index in [1.165, 1.54) is 10.9 Å². The van der Waals surface area contributed by atoms with Crippen LogP contribution in [-0.2, 0) is 13.0 Å². The van der Waals surface area contributed by atoms with Gasteiger partial charge >= 0.3 is 0 Å². The second-order valence-corrected chi connectivity index (χ2v) is 6.47. The monoisotopic (exact) mass is 308 g/mol. The van der Waals surface area contributed by atoms with E-state index < -0.39 is 0 Å². The Morgan fingerprint density at radius 1 is 1.33 bits per heavy atom. The van der Waals surface area contributed by atoms with Gasteiger partial charge in [-0.15, -0.1) is 11.3 Å². The molecule has 2 aromatic rings. The highest BCUT2D eigenvalue weighted by Gasteiger charge is 2.05. The van der Waals surface area contributed by atoms with Gasteiger partial charge in [-0.3, -0.25) is 0 Å². The molecule has 0 aliphatic carbocycles. The first-order chi connectivity index (χ1) is 10.1. The predicted octanol–water partition coefficient (Wildman–Crippen LogP) is 3.65.